The Hall–Kier alpha value is 2.18. The van der Waals surface area contributed by atoms with Crippen LogP contribution < -0.4 is 0 Å². The third-order valence-electron chi connectivity index (χ3n) is 0. The molecule has 0 heterocycles. The Morgan fingerprint density at radius 3 is 1.25 bits per heavy atom. The summed E-state index contributed by atoms with van der Waals surface area (Å²) in [4.78, 5) is 0. The molecule has 0 N–H and O–H groups in total. The van der Waals surface area contributed by atoms with Gasteiger partial charge in [-0.05, 0) is 0 Å². The minimum absolute atomic E-state index is 0. The summed E-state index contributed by atoms with van der Waals surface area (Å²) >= 11 is 0.750. The average Bonchev–Trinajstić information content (AvgIpc) is 1.00. The van der Waals surface area contributed by atoms with E-state index in [0.717, 1.165) is 18.9 Å². The van der Waals surface area contributed by atoms with Crippen molar-refractivity contribution in [3.05, 3.63) is 0 Å². The Labute approximate surface area is 73.4 Å². The molecule has 0 saturated heterocycles. The monoisotopic (exact) mass is 400 g/mol. The van der Waals surface area contributed by atoms with Gasteiger partial charge in [0.2, 0.25) is 0 Å². The molecule has 0 aromatic heterocycles. The van der Waals surface area contributed by atoms with Crippen LogP contribution in [0.3, 0.4) is 0 Å². The zero-order valence-electron chi connectivity index (χ0n) is 1.67. The zero-order chi connectivity index (χ0) is 2.00. The Morgan fingerprint density at radius 1 is 1.25 bits per heavy atom. The van der Waals surface area contributed by atoms with E-state index in [4.69, 9.17) is 3.50 Å². The number of hydrogen-bond acceptors (Lipinski definition) is 1. The summed E-state index contributed by atoms with van der Waals surface area (Å²) in [6, 6.07) is 0. The van der Waals surface area contributed by atoms with Crippen molar-refractivity contribution in [2.45, 2.75) is 0 Å². The van der Waals surface area contributed by atoms with Gasteiger partial charge in [-0.25, -0.2) is 0 Å². The van der Waals surface area contributed by atoms with Crippen molar-refractivity contribution in [2.75, 3.05) is 0 Å². The quantitative estimate of drug-likeness (QED) is 0.520. The summed E-state index contributed by atoms with van der Waals surface area (Å²) in [5, 5.41) is 0. The second-order valence-electron chi connectivity index (χ2n) is 0. The molecule has 0 aliphatic heterocycles. The molecule has 0 aromatic rings. The molecule has 0 unspecified atom stereocenters. The van der Waals surface area contributed by atoms with Gasteiger partial charge in [-0.3, -0.25) is 0 Å². The minimum Gasteiger partial charge on any atom is 0 e. The fourth-order valence-electron chi connectivity index (χ4n) is 0. The van der Waals surface area contributed by atoms with E-state index in [1.165, 1.54) is 0 Å². The predicted molar refractivity (Wildman–Crippen MR) is 0.686 cm³/mol. The van der Waals surface area contributed by atoms with Crippen molar-refractivity contribution in [2.24, 2.45) is 0 Å². The first kappa shape index (κ1) is 16.4. The third kappa shape index (κ3) is 8.90. The molecule has 0 aliphatic carbocycles. The van der Waals surface area contributed by atoms with Gasteiger partial charge in [-0.1, -0.05) is 0 Å². The van der Waals surface area contributed by atoms with Gasteiger partial charge in [0.05, 0.1) is 0 Å². The first-order valence-electron chi connectivity index (χ1n) is 0.136. The van der Waals surface area contributed by atoms with Crippen LogP contribution in [0.5, 0.6) is 0 Å². The van der Waals surface area contributed by atoms with E-state index in [0.29, 0.717) is 0 Å². The molecule has 0 fully saturated rings. The van der Waals surface area contributed by atoms with Crippen LogP contribution in [-0.4, -0.2) is 0 Å². The summed E-state index contributed by atoms with van der Waals surface area (Å²) < 4.78 is 8.25. The van der Waals surface area contributed by atoms with Crippen LogP contribution >= 0.6 is 0 Å². The van der Waals surface area contributed by atoms with Crippen LogP contribution in [0.1, 0.15) is 0 Å². The van der Waals surface area contributed by atoms with Crippen molar-refractivity contribution in [1.29, 1.82) is 0 Å². The van der Waals surface area contributed by atoms with Gasteiger partial charge in [-0.15, -0.1) is 0 Å². The first-order chi connectivity index (χ1) is 1.00. The van der Waals surface area contributed by atoms with Crippen molar-refractivity contribution >= 4 is 0 Å². The molecule has 0 atom stereocenters. The summed E-state index contributed by atoms with van der Waals surface area (Å²) in [6.07, 6.45) is 0. The van der Waals surface area contributed by atoms with E-state index in [-0.39, 0.29) is 52.2 Å². The van der Waals surface area contributed by atoms with E-state index < -0.39 is 0 Å². The van der Waals surface area contributed by atoms with Crippen LogP contribution in [0.15, 0.2) is 0 Å². The Balaban J connectivity index is -0.00000000500. The van der Waals surface area contributed by atoms with Crippen LogP contribution in [0.2, 0.25) is 0 Å². The Kier molecular flexibility index (Phi) is 78.2. The molecule has 0 saturated carbocycles. The molecular formula is IrORuY. The van der Waals surface area contributed by atoms with Gasteiger partial charge >= 0.3 is 22.4 Å². The van der Waals surface area contributed by atoms with Crippen LogP contribution in [0.4, 0.5) is 0 Å². The molecule has 4 heteroatoms. The van der Waals surface area contributed by atoms with Gasteiger partial charge in [0.25, 0.3) is 0 Å². The first-order valence-corrected chi connectivity index (χ1v) is 1.11. The standard InChI is InChI=1S/Ir.O.Ru.Y. The number of rotatable bonds is 0. The maximum atomic E-state index is 8.25. The normalized spacial score (nSPS) is 1.25. The van der Waals surface area contributed by atoms with Crippen molar-refractivity contribution in [3.63, 3.8) is 0 Å². The second-order valence-corrected chi connectivity index (χ2v) is 0. The van der Waals surface area contributed by atoms with Gasteiger partial charge in [0.1, 0.15) is 0 Å². The topological polar surface area (TPSA) is 17.1 Å². The van der Waals surface area contributed by atoms with Gasteiger partial charge in [-0.2, -0.15) is 0 Å². The molecule has 4 heavy (non-hydrogen) atoms. The predicted octanol–water partition coefficient (Wildman–Crippen LogP) is -0.126. The molecular weight excluding hydrogens is 398 g/mol. The van der Waals surface area contributed by atoms with Crippen molar-refractivity contribution in [3.8, 4) is 0 Å². The van der Waals surface area contributed by atoms with E-state index in [1.54, 1.807) is 0 Å². The maximum absolute atomic E-state index is 8.25. The zero-order valence-corrected chi connectivity index (χ0v) is 8.64. The van der Waals surface area contributed by atoms with Gasteiger partial charge < -0.3 is 0 Å². The van der Waals surface area contributed by atoms with Crippen LogP contribution in [0, 0.1) is 0 Å². The summed E-state index contributed by atoms with van der Waals surface area (Å²) in [6.45, 7) is 0. The fourth-order valence-corrected chi connectivity index (χ4v) is 0. The molecule has 0 spiro atoms. The minimum atomic E-state index is 0. The molecule has 0 aliphatic rings. The third-order valence-corrected chi connectivity index (χ3v) is 0. The fraction of sp³-hybridized carbons (Fsp3) is 0. The van der Waals surface area contributed by atoms with Crippen molar-refractivity contribution < 1.29 is 74.5 Å². The van der Waals surface area contributed by atoms with Crippen molar-refractivity contribution in [1.82, 2.24) is 0 Å². The summed E-state index contributed by atoms with van der Waals surface area (Å²) in [5.41, 5.74) is 0. The maximum Gasteiger partial charge on any atom is 0 e. The van der Waals surface area contributed by atoms with E-state index in [9.17, 15) is 0 Å². The second kappa shape index (κ2) is 19.1. The molecule has 1 radical (unpaired) electrons. The van der Waals surface area contributed by atoms with E-state index in [2.05, 4.69) is 0 Å². The Bertz CT molecular complexity index is 8.00. The SMILES string of the molecule is [O]=[Ir].[Ru].[Y]. The summed E-state index contributed by atoms with van der Waals surface area (Å²) in [5.74, 6) is 0. The molecule has 0 bridgehead atoms. The largest absolute Gasteiger partial charge is 0 e. The molecule has 26 valence electrons. The van der Waals surface area contributed by atoms with E-state index in [1.807, 2.05) is 0 Å². The Morgan fingerprint density at radius 2 is 1.25 bits per heavy atom. The summed E-state index contributed by atoms with van der Waals surface area (Å²) in [7, 11) is 0. The molecule has 0 amide bonds. The van der Waals surface area contributed by atoms with Gasteiger partial charge in [0, 0.05) is 52.2 Å². The molecule has 1 nitrogen and oxygen atoms in total. The van der Waals surface area contributed by atoms with Gasteiger partial charge in [0.15, 0.2) is 0 Å². The number of hydrogen-bond donors (Lipinski definition) is 0. The average molecular weight is 398 g/mol. The van der Waals surface area contributed by atoms with Crippen LogP contribution in [0.25, 0.3) is 0 Å². The van der Waals surface area contributed by atoms with E-state index >= 15 is 0 Å². The molecule has 0 aromatic carbocycles. The van der Waals surface area contributed by atoms with Crippen LogP contribution in [-0.2, 0) is 74.5 Å². The molecule has 0 rings (SSSR count). The smallest absolute Gasteiger partial charge is 0 e.